The van der Waals surface area contributed by atoms with E-state index in [9.17, 15) is 53.1 Å². The molecule has 0 unspecified atom stereocenters. The SMILES string of the molecule is O=C(N1CCCc2ccccc21)C1(F)C(F)(F)C(F)(F)C(F)(F)C(F)(F)C1(F)F. The van der Waals surface area contributed by atoms with Crippen molar-refractivity contribution < 1.29 is 53.1 Å². The fraction of sp³-hybridized carbons (Fsp3) is 0.562. The molecular weight excluding hydrogens is 431 g/mol. The van der Waals surface area contributed by atoms with Gasteiger partial charge in [-0.05, 0) is 24.5 Å². The minimum Gasteiger partial charge on any atom is -0.309 e. The van der Waals surface area contributed by atoms with E-state index in [0.717, 1.165) is 12.1 Å². The van der Waals surface area contributed by atoms with Gasteiger partial charge in [0, 0.05) is 12.2 Å². The Morgan fingerprint density at radius 1 is 0.724 bits per heavy atom. The summed E-state index contributed by atoms with van der Waals surface area (Å²) < 4.78 is 152. The molecule has 0 aromatic heterocycles. The molecule has 1 aromatic carbocycles. The van der Waals surface area contributed by atoms with Gasteiger partial charge in [-0.1, -0.05) is 18.2 Å². The molecule has 1 aliphatic carbocycles. The Balaban J connectivity index is 2.25. The van der Waals surface area contributed by atoms with Gasteiger partial charge in [0.05, 0.1) is 0 Å². The van der Waals surface area contributed by atoms with E-state index in [1.807, 2.05) is 0 Å². The number of benzene rings is 1. The summed E-state index contributed by atoms with van der Waals surface area (Å²) in [7, 11) is 0. The second-order valence-corrected chi connectivity index (χ2v) is 6.72. The number of carbonyl (C=O) groups excluding carboxylic acids is 1. The van der Waals surface area contributed by atoms with Crippen LogP contribution in [0.5, 0.6) is 0 Å². The number of alkyl halides is 11. The summed E-state index contributed by atoms with van der Waals surface area (Å²) in [5.74, 6) is -39.4. The molecule has 2 aliphatic rings. The standard InChI is InChI=1S/C16H10F11NO/c17-11(10(29)28-7-3-5-8-4-1-2-6-9(8)28)12(18,19)14(22,23)16(26,27)15(24,25)13(11,20)21/h1-2,4,6H,3,5,7H2. The van der Waals surface area contributed by atoms with Crippen LogP contribution >= 0.6 is 0 Å². The quantitative estimate of drug-likeness (QED) is 0.570. The first-order valence-electron chi connectivity index (χ1n) is 7.98. The molecule has 0 radical (unpaired) electrons. The van der Waals surface area contributed by atoms with Crippen molar-refractivity contribution in [2.75, 3.05) is 11.4 Å². The average Bonchev–Trinajstić information content (AvgIpc) is 2.64. The third kappa shape index (κ3) is 2.16. The van der Waals surface area contributed by atoms with E-state index in [1.54, 1.807) is 0 Å². The zero-order valence-corrected chi connectivity index (χ0v) is 13.9. The van der Waals surface area contributed by atoms with Gasteiger partial charge in [-0.25, -0.2) is 4.39 Å². The van der Waals surface area contributed by atoms with Gasteiger partial charge in [0.1, 0.15) is 0 Å². The van der Waals surface area contributed by atoms with Gasteiger partial charge in [0.25, 0.3) is 5.91 Å². The van der Waals surface area contributed by atoms with Crippen LogP contribution in [0.3, 0.4) is 0 Å². The molecule has 0 atom stereocenters. The Morgan fingerprint density at radius 2 is 1.17 bits per heavy atom. The summed E-state index contributed by atoms with van der Waals surface area (Å²) in [5.41, 5.74) is -6.99. The average molecular weight is 441 g/mol. The van der Waals surface area contributed by atoms with Gasteiger partial charge in [0.15, 0.2) is 0 Å². The summed E-state index contributed by atoms with van der Waals surface area (Å²) in [6.45, 7) is -0.763. The van der Waals surface area contributed by atoms with Gasteiger partial charge >= 0.3 is 35.3 Å². The fourth-order valence-electron chi connectivity index (χ4n) is 3.42. The van der Waals surface area contributed by atoms with Crippen LogP contribution in [0.1, 0.15) is 12.0 Å². The van der Waals surface area contributed by atoms with E-state index in [-0.39, 0.29) is 23.3 Å². The molecular formula is C16H10F11NO. The topological polar surface area (TPSA) is 20.3 Å². The first kappa shape index (κ1) is 21.6. The highest BCUT2D eigenvalue weighted by molar-refractivity contribution is 6.02. The van der Waals surface area contributed by atoms with Gasteiger partial charge < -0.3 is 4.90 Å². The van der Waals surface area contributed by atoms with Crippen LogP contribution in [0.4, 0.5) is 54.0 Å². The molecule has 1 amide bonds. The summed E-state index contributed by atoms with van der Waals surface area (Å²) in [4.78, 5) is 12.2. The van der Waals surface area contributed by atoms with Crippen molar-refractivity contribution >= 4 is 11.6 Å². The number of anilines is 1. The first-order valence-corrected chi connectivity index (χ1v) is 7.98. The summed E-state index contributed by atoms with van der Waals surface area (Å²) in [6, 6.07) is 4.75. The van der Waals surface area contributed by atoms with Crippen LogP contribution in [0, 0.1) is 0 Å². The van der Waals surface area contributed by atoms with Gasteiger partial charge in [-0.15, -0.1) is 0 Å². The molecule has 0 N–H and O–H groups in total. The number of nitrogens with zero attached hydrogens (tertiary/aromatic N) is 1. The fourth-order valence-corrected chi connectivity index (χ4v) is 3.42. The zero-order valence-electron chi connectivity index (χ0n) is 13.9. The second-order valence-electron chi connectivity index (χ2n) is 6.72. The van der Waals surface area contributed by atoms with Crippen LogP contribution in [0.15, 0.2) is 24.3 Å². The van der Waals surface area contributed by atoms with Crippen molar-refractivity contribution in [2.45, 2.75) is 48.1 Å². The van der Waals surface area contributed by atoms with E-state index < -0.39 is 53.4 Å². The van der Waals surface area contributed by atoms with Crippen LogP contribution in [-0.2, 0) is 11.2 Å². The molecule has 0 spiro atoms. The third-order valence-corrected chi connectivity index (χ3v) is 5.09. The highest BCUT2D eigenvalue weighted by atomic mass is 19.4. The molecule has 2 nitrogen and oxygen atoms in total. The van der Waals surface area contributed by atoms with Crippen LogP contribution in [-0.4, -0.2) is 47.7 Å². The summed E-state index contributed by atoms with van der Waals surface area (Å²) in [5, 5.41) is 0. The maximum atomic E-state index is 15.0. The second kappa shape index (κ2) is 5.75. The molecule has 29 heavy (non-hydrogen) atoms. The van der Waals surface area contributed by atoms with E-state index in [0.29, 0.717) is 0 Å². The Labute approximate surface area is 155 Å². The highest BCUT2D eigenvalue weighted by Crippen LogP contribution is 2.69. The molecule has 3 rings (SSSR count). The number of fused-ring (bicyclic) bond motifs is 1. The maximum absolute atomic E-state index is 15.0. The Kier molecular flexibility index (Phi) is 4.29. The van der Waals surface area contributed by atoms with Crippen molar-refractivity contribution in [3.63, 3.8) is 0 Å². The molecule has 0 saturated heterocycles. The predicted molar refractivity (Wildman–Crippen MR) is 75.7 cm³/mol. The number of amides is 1. The van der Waals surface area contributed by atoms with Crippen LogP contribution < -0.4 is 4.90 Å². The number of halogens is 11. The molecule has 1 aliphatic heterocycles. The van der Waals surface area contributed by atoms with Gasteiger partial charge in [0.2, 0.25) is 0 Å². The van der Waals surface area contributed by atoms with E-state index >= 15 is 0 Å². The normalized spacial score (nSPS) is 27.8. The summed E-state index contributed by atoms with van der Waals surface area (Å²) >= 11 is 0. The molecule has 1 heterocycles. The van der Waals surface area contributed by atoms with Crippen molar-refractivity contribution in [2.24, 2.45) is 0 Å². The number of rotatable bonds is 1. The minimum atomic E-state index is -7.34. The first-order chi connectivity index (χ1) is 13.0. The van der Waals surface area contributed by atoms with Crippen molar-refractivity contribution in [3.8, 4) is 0 Å². The van der Waals surface area contributed by atoms with Crippen molar-refractivity contribution in [3.05, 3.63) is 29.8 Å². The molecule has 13 heteroatoms. The molecule has 1 saturated carbocycles. The lowest BCUT2D eigenvalue weighted by Gasteiger charge is -2.52. The van der Waals surface area contributed by atoms with E-state index in [2.05, 4.69) is 0 Å². The Morgan fingerprint density at radius 3 is 1.69 bits per heavy atom. The molecule has 162 valence electrons. The Bertz CT molecular complexity index is 821. The number of hydrogen-bond acceptors (Lipinski definition) is 1. The lowest BCUT2D eigenvalue weighted by molar-refractivity contribution is -0.476. The van der Waals surface area contributed by atoms with Gasteiger partial charge in [-0.3, -0.25) is 4.79 Å². The monoisotopic (exact) mass is 441 g/mol. The largest absolute Gasteiger partial charge is 0.384 e. The Hall–Kier alpha value is -2.08. The van der Waals surface area contributed by atoms with Crippen molar-refractivity contribution in [1.29, 1.82) is 0 Å². The lowest BCUT2D eigenvalue weighted by Crippen LogP contribution is -2.86. The molecule has 0 bridgehead atoms. The van der Waals surface area contributed by atoms with Gasteiger partial charge in [-0.2, -0.15) is 43.9 Å². The minimum absolute atomic E-state index is 0.127. The van der Waals surface area contributed by atoms with Crippen LogP contribution in [0.25, 0.3) is 0 Å². The van der Waals surface area contributed by atoms with E-state index in [4.69, 9.17) is 0 Å². The smallest absolute Gasteiger partial charge is 0.309 e. The molecule has 1 aromatic rings. The number of hydrogen-bond donors (Lipinski definition) is 0. The van der Waals surface area contributed by atoms with E-state index in [1.165, 1.54) is 12.1 Å². The number of para-hydroxylation sites is 1. The van der Waals surface area contributed by atoms with Crippen LogP contribution in [0.2, 0.25) is 0 Å². The zero-order chi connectivity index (χ0) is 22.3. The lowest BCUT2D eigenvalue weighted by atomic mass is 9.71. The maximum Gasteiger partial charge on any atom is 0.384 e. The number of aryl methyl sites for hydroxylation is 1. The predicted octanol–water partition coefficient (Wildman–Crippen LogP) is 4.86. The number of carbonyl (C=O) groups is 1. The molecule has 1 fully saturated rings. The third-order valence-electron chi connectivity index (χ3n) is 5.09. The summed E-state index contributed by atoms with van der Waals surface area (Å²) in [6.07, 6.45) is 0.00926. The highest BCUT2D eigenvalue weighted by Gasteiger charge is 3.03. The van der Waals surface area contributed by atoms with Crippen molar-refractivity contribution in [1.82, 2.24) is 0 Å².